The Kier molecular flexibility index (Phi) is 3.82. The number of carboxylic acid groups (broad SMARTS) is 1. The summed E-state index contributed by atoms with van der Waals surface area (Å²) in [5.41, 5.74) is 3.86. The summed E-state index contributed by atoms with van der Waals surface area (Å²) in [6.45, 7) is 6.30. The first-order valence-corrected chi connectivity index (χ1v) is 7.53. The first kappa shape index (κ1) is 16.2. The van der Waals surface area contributed by atoms with Crippen molar-refractivity contribution in [2.45, 2.75) is 39.7 Å². The number of fused-ring (bicyclic) bond motifs is 1. The Morgan fingerprint density at radius 1 is 1.41 bits per heavy atom. The molecule has 2 aromatic rings. The zero-order chi connectivity index (χ0) is 16.8. The van der Waals surface area contributed by atoms with Crippen molar-refractivity contribution in [1.82, 2.24) is 9.55 Å². The molecule has 2 aromatic heterocycles. The number of aliphatic carboxylic acids is 1. The minimum atomic E-state index is -1.44. The maximum Gasteiger partial charge on any atom is 0.329 e. The van der Waals surface area contributed by atoms with Crippen LogP contribution in [0.5, 0.6) is 0 Å². The van der Waals surface area contributed by atoms with Crippen LogP contribution in [-0.2, 0) is 16.8 Å². The maximum atomic E-state index is 12.8. The Bertz CT molecular complexity index is 848. The van der Waals surface area contributed by atoms with E-state index in [0.717, 1.165) is 11.3 Å². The van der Waals surface area contributed by atoms with Crippen LogP contribution in [0.25, 0.3) is 10.2 Å². The number of carbonyl (C=O) groups is 2. The molecule has 0 aliphatic heterocycles. The first-order valence-electron chi connectivity index (χ1n) is 6.71. The quantitative estimate of drug-likeness (QED) is 0.878. The van der Waals surface area contributed by atoms with Crippen molar-refractivity contribution in [3.63, 3.8) is 0 Å². The molecule has 3 N–H and O–H groups in total. The van der Waals surface area contributed by atoms with Gasteiger partial charge in [-0.05, 0) is 26.3 Å². The summed E-state index contributed by atoms with van der Waals surface area (Å²) in [7, 11) is 0. The lowest BCUT2D eigenvalue weighted by Crippen LogP contribution is -2.44. The van der Waals surface area contributed by atoms with E-state index in [0.29, 0.717) is 22.6 Å². The fraction of sp³-hybridized carbons (Fsp3) is 0.429. The number of amides is 1. The van der Waals surface area contributed by atoms with Gasteiger partial charge in [-0.15, -0.1) is 11.3 Å². The van der Waals surface area contributed by atoms with Crippen LogP contribution in [-0.4, -0.2) is 26.5 Å². The van der Waals surface area contributed by atoms with Gasteiger partial charge in [0.15, 0.2) is 0 Å². The fourth-order valence-electron chi connectivity index (χ4n) is 2.37. The molecule has 0 saturated carbocycles. The third-order valence-electron chi connectivity index (χ3n) is 3.66. The van der Waals surface area contributed by atoms with E-state index < -0.39 is 23.0 Å². The van der Waals surface area contributed by atoms with Gasteiger partial charge >= 0.3 is 5.97 Å². The fourth-order valence-corrected chi connectivity index (χ4v) is 3.41. The van der Waals surface area contributed by atoms with Gasteiger partial charge < -0.3 is 10.8 Å². The molecule has 118 valence electrons. The van der Waals surface area contributed by atoms with Gasteiger partial charge in [-0.25, -0.2) is 9.78 Å². The highest BCUT2D eigenvalue weighted by Gasteiger charge is 2.34. The number of nitrogens with two attached hydrogens (primary N) is 1. The highest BCUT2D eigenvalue weighted by Crippen LogP contribution is 2.28. The number of aromatic nitrogens is 2. The molecule has 0 spiro atoms. The van der Waals surface area contributed by atoms with E-state index in [4.69, 9.17) is 5.73 Å². The predicted molar refractivity (Wildman–Crippen MR) is 83.5 cm³/mol. The van der Waals surface area contributed by atoms with Crippen LogP contribution in [0.4, 0.5) is 0 Å². The van der Waals surface area contributed by atoms with Crippen molar-refractivity contribution in [2.75, 3.05) is 0 Å². The summed E-state index contributed by atoms with van der Waals surface area (Å²) in [5, 5.41) is 9.67. The second-order valence-corrected chi connectivity index (χ2v) is 6.49. The van der Waals surface area contributed by atoms with Crippen LogP contribution in [0.3, 0.4) is 0 Å². The van der Waals surface area contributed by atoms with E-state index in [9.17, 15) is 19.5 Å². The van der Waals surface area contributed by atoms with E-state index in [-0.39, 0.29) is 10.3 Å². The maximum absolute atomic E-state index is 12.8. The topological polar surface area (TPSA) is 115 Å². The van der Waals surface area contributed by atoms with E-state index in [1.807, 2.05) is 0 Å². The summed E-state index contributed by atoms with van der Waals surface area (Å²) in [6, 6.07) is 0. The van der Waals surface area contributed by atoms with Gasteiger partial charge in [0.1, 0.15) is 16.2 Å². The molecule has 0 aromatic carbocycles. The number of primary amides is 1. The van der Waals surface area contributed by atoms with Crippen LogP contribution < -0.4 is 11.3 Å². The van der Waals surface area contributed by atoms with Gasteiger partial charge in [-0.2, -0.15) is 0 Å². The molecule has 2 rings (SSSR count). The predicted octanol–water partition coefficient (Wildman–Crippen LogP) is 1.25. The summed E-state index contributed by atoms with van der Waals surface area (Å²) in [6.07, 6.45) is 0.394. The first-order chi connectivity index (χ1) is 10.1. The van der Waals surface area contributed by atoms with Crippen molar-refractivity contribution in [3.05, 3.63) is 26.6 Å². The molecule has 8 heteroatoms. The molecular formula is C14H17N3O4S. The third-order valence-corrected chi connectivity index (χ3v) is 4.86. The van der Waals surface area contributed by atoms with Crippen LogP contribution in [0, 0.1) is 6.92 Å². The number of aryl methyl sites for hydroxylation is 2. The zero-order valence-electron chi connectivity index (χ0n) is 12.8. The Morgan fingerprint density at radius 3 is 2.45 bits per heavy atom. The Labute approximate surface area is 130 Å². The average Bonchev–Trinajstić information content (AvgIpc) is 2.75. The van der Waals surface area contributed by atoms with Crippen LogP contribution >= 0.6 is 11.3 Å². The largest absolute Gasteiger partial charge is 0.480 e. The van der Waals surface area contributed by atoms with Gasteiger partial charge in [0.05, 0.1) is 10.3 Å². The standard InChI is InChI=1S/C14H17N3O4S/c1-5-7-16-11-8(6(2)9(22-11)10(15)18)12(19)17(7)14(3,4)13(20)21/h5H2,1-4H3,(H2,15,18)(H,20,21). The molecule has 0 unspecified atom stereocenters. The molecule has 0 saturated heterocycles. The van der Waals surface area contributed by atoms with E-state index in [2.05, 4.69) is 4.98 Å². The molecular weight excluding hydrogens is 306 g/mol. The van der Waals surface area contributed by atoms with Crippen molar-refractivity contribution in [3.8, 4) is 0 Å². The smallest absolute Gasteiger partial charge is 0.329 e. The Hall–Kier alpha value is -2.22. The molecule has 0 bridgehead atoms. The minimum absolute atomic E-state index is 0.255. The molecule has 2 heterocycles. The Balaban J connectivity index is 2.98. The van der Waals surface area contributed by atoms with Gasteiger partial charge in [-0.3, -0.25) is 14.2 Å². The number of hydrogen-bond donors (Lipinski definition) is 2. The molecule has 0 aliphatic carbocycles. The second-order valence-electron chi connectivity index (χ2n) is 5.49. The van der Waals surface area contributed by atoms with Gasteiger partial charge in [0.25, 0.3) is 11.5 Å². The van der Waals surface area contributed by atoms with Crippen LogP contribution in [0.15, 0.2) is 4.79 Å². The third kappa shape index (κ3) is 2.19. The molecule has 22 heavy (non-hydrogen) atoms. The van der Waals surface area contributed by atoms with E-state index in [1.165, 1.54) is 18.4 Å². The molecule has 0 aliphatic rings. The lowest BCUT2D eigenvalue weighted by Gasteiger charge is -2.25. The minimum Gasteiger partial charge on any atom is -0.480 e. The number of nitrogens with zero attached hydrogens (tertiary/aromatic N) is 2. The lowest BCUT2D eigenvalue weighted by atomic mass is 10.0. The van der Waals surface area contributed by atoms with E-state index >= 15 is 0 Å². The van der Waals surface area contributed by atoms with Crippen LogP contribution in [0.1, 0.15) is 41.8 Å². The highest BCUT2D eigenvalue weighted by molar-refractivity contribution is 7.20. The lowest BCUT2D eigenvalue weighted by molar-refractivity contribution is -0.146. The van der Waals surface area contributed by atoms with Gasteiger partial charge in [0.2, 0.25) is 0 Å². The van der Waals surface area contributed by atoms with Crippen molar-refractivity contribution in [2.24, 2.45) is 5.73 Å². The average molecular weight is 323 g/mol. The SMILES string of the molecule is CCc1nc2sc(C(N)=O)c(C)c2c(=O)n1C(C)(C)C(=O)O. The van der Waals surface area contributed by atoms with Gasteiger partial charge in [-0.1, -0.05) is 6.92 Å². The molecule has 7 nitrogen and oxygen atoms in total. The number of rotatable bonds is 4. The number of carbonyl (C=O) groups excluding carboxylic acids is 1. The van der Waals surface area contributed by atoms with Crippen molar-refractivity contribution < 1.29 is 14.7 Å². The molecule has 0 fully saturated rings. The molecule has 1 amide bonds. The Morgan fingerprint density at radius 2 is 2.00 bits per heavy atom. The number of hydrogen-bond acceptors (Lipinski definition) is 5. The second kappa shape index (κ2) is 5.20. The summed E-state index contributed by atoms with van der Waals surface area (Å²) in [5.74, 6) is -1.39. The molecule has 0 atom stereocenters. The van der Waals surface area contributed by atoms with Crippen LogP contribution in [0.2, 0.25) is 0 Å². The van der Waals surface area contributed by atoms with Crippen molar-refractivity contribution in [1.29, 1.82) is 0 Å². The monoisotopic (exact) mass is 323 g/mol. The highest BCUT2D eigenvalue weighted by atomic mass is 32.1. The zero-order valence-corrected chi connectivity index (χ0v) is 13.6. The van der Waals surface area contributed by atoms with Gasteiger partial charge in [0, 0.05) is 6.42 Å². The summed E-state index contributed by atoms with van der Waals surface area (Å²) >= 11 is 1.06. The summed E-state index contributed by atoms with van der Waals surface area (Å²) < 4.78 is 1.18. The molecule has 0 radical (unpaired) electrons. The number of thiophene rings is 1. The summed E-state index contributed by atoms with van der Waals surface area (Å²) in [4.78, 5) is 40.9. The van der Waals surface area contributed by atoms with Crippen molar-refractivity contribution >= 4 is 33.4 Å². The van der Waals surface area contributed by atoms with E-state index in [1.54, 1.807) is 13.8 Å². The normalized spacial score (nSPS) is 11.8. The number of carboxylic acids is 1.